The predicted molar refractivity (Wildman–Crippen MR) is 133 cm³/mol. The van der Waals surface area contributed by atoms with Crippen molar-refractivity contribution >= 4 is 39.1 Å². The lowest BCUT2D eigenvalue weighted by Gasteiger charge is -2.33. The fourth-order valence-corrected chi connectivity index (χ4v) is 4.54. The van der Waals surface area contributed by atoms with Crippen LogP contribution in [0.1, 0.15) is 39.2 Å². The first-order chi connectivity index (χ1) is 15.6. The average molecular weight is 494 g/mol. The summed E-state index contributed by atoms with van der Waals surface area (Å²) in [5, 5.41) is 3.15. The lowest BCUT2D eigenvalue weighted by atomic mass is 10.1. The van der Waals surface area contributed by atoms with Crippen LogP contribution in [0, 0.1) is 0 Å². The summed E-state index contributed by atoms with van der Waals surface area (Å²) in [5.41, 5.74) is 1.05. The maximum atomic E-state index is 13.5. The summed E-state index contributed by atoms with van der Waals surface area (Å²) in [4.78, 5) is 28.0. The number of anilines is 1. The van der Waals surface area contributed by atoms with Gasteiger partial charge in [-0.15, -0.1) is 0 Å². The number of amides is 2. The standard InChI is InChI=1S/C24H32ClN3O4S/c1-5-18(3)26-24(30)21(6-2)27(16-19-12-8-7-9-13-19)23(29)17-28(33(4,31)32)22-15-11-10-14-20(22)25/h7-15,18,21H,5-6,16-17H2,1-4H3,(H,26,30)/t18-,21-/m0/s1. The van der Waals surface area contributed by atoms with Gasteiger partial charge in [0.15, 0.2) is 0 Å². The van der Waals surface area contributed by atoms with E-state index in [4.69, 9.17) is 11.6 Å². The van der Waals surface area contributed by atoms with Crippen LogP contribution in [0.15, 0.2) is 54.6 Å². The second kappa shape index (κ2) is 12.0. The van der Waals surface area contributed by atoms with Gasteiger partial charge in [0, 0.05) is 12.6 Å². The predicted octanol–water partition coefficient (Wildman–Crippen LogP) is 3.83. The van der Waals surface area contributed by atoms with E-state index in [1.54, 1.807) is 24.3 Å². The van der Waals surface area contributed by atoms with Crippen molar-refractivity contribution in [2.24, 2.45) is 0 Å². The lowest BCUT2D eigenvalue weighted by Crippen LogP contribution is -2.53. The summed E-state index contributed by atoms with van der Waals surface area (Å²) in [6.45, 7) is 5.40. The summed E-state index contributed by atoms with van der Waals surface area (Å²) < 4.78 is 26.1. The number of rotatable bonds is 11. The number of sulfonamides is 1. The van der Waals surface area contributed by atoms with Crippen molar-refractivity contribution in [2.75, 3.05) is 17.1 Å². The lowest BCUT2D eigenvalue weighted by molar-refractivity contribution is -0.140. The van der Waals surface area contributed by atoms with Gasteiger partial charge >= 0.3 is 0 Å². The van der Waals surface area contributed by atoms with E-state index in [2.05, 4.69) is 5.32 Å². The fourth-order valence-electron chi connectivity index (χ4n) is 3.39. The molecule has 0 aliphatic carbocycles. The van der Waals surface area contributed by atoms with E-state index in [9.17, 15) is 18.0 Å². The van der Waals surface area contributed by atoms with Crippen LogP contribution in [0.2, 0.25) is 5.02 Å². The highest BCUT2D eigenvalue weighted by atomic mass is 35.5. The van der Waals surface area contributed by atoms with Gasteiger partial charge in [0.2, 0.25) is 21.8 Å². The quantitative estimate of drug-likeness (QED) is 0.515. The van der Waals surface area contributed by atoms with Gasteiger partial charge in [-0.1, -0.05) is 67.9 Å². The molecule has 1 N–H and O–H groups in total. The van der Waals surface area contributed by atoms with E-state index < -0.39 is 28.5 Å². The molecule has 2 amide bonds. The second-order valence-corrected chi connectivity index (χ2v) is 10.3. The minimum Gasteiger partial charge on any atom is -0.352 e. The van der Waals surface area contributed by atoms with Gasteiger partial charge < -0.3 is 10.2 Å². The number of hydrogen-bond donors (Lipinski definition) is 1. The Hall–Kier alpha value is -2.58. The molecule has 2 rings (SSSR count). The molecule has 0 radical (unpaired) electrons. The van der Waals surface area contributed by atoms with Crippen LogP contribution in [-0.4, -0.2) is 50.0 Å². The summed E-state index contributed by atoms with van der Waals surface area (Å²) in [6, 6.07) is 14.9. The van der Waals surface area contributed by atoms with E-state index in [0.29, 0.717) is 6.42 Å². The number of nitrogens with zero attached hydrogens (tertiary/aromatic N) is 2. The molecular weight excluding hydrogens is 462 g/mol. The Morgan fingerprint density at radius 2 is 1.61 bits per heavy atom. The van der Waals surface area contributed by atoms with Crippen LogP contribution in [0.3, 0.4) is 0 Å². The number of carbonyl (C=O) groups excluding carboxylic acids is 2. The summed E-state index contributed by atoms with van der Waals surface area (Å²) in [7, 11) is -3.82. The maximum absolute atomic E-state index is 13.5. The van der Waals surface area contributed by atoms with Crippen LogP contribution in [-0.2, 0) is 26.2 Å². The minimum absolute atomic E-state index is 0.0455. The Bertz CT molecular complexity index is 1050. The van der Waals surface area contributed by atoms with Crippen molar-refractivity contribution in [3.05, 3.63) is 65.2 Å². The van der Waals surface area contributed by atoms with E-state index in [1.165, 1.54) is 4.90 Å². The highest BCUT2D eigenvalue weighted by Crippen LogP contribution is 2.27. The van der Waals surface area contributed by atoms with Crippen LogP contribution in [0.4, 0.5) is 5.69 Å². The molecule has 2 aromatic rings. The number of halogens is 1. The Morgan fingerprint density at radius 1 is 1.00 bits per heavy atom. The Labute approximate surface area is 201 Å². The zero-order chi connectivity index (χ0) is 24.6. The molecule has 0 bridgehead atoms. The van der Waals surface area contributed by atoms with Gasteiger partial charge in [-0.3, -0.25) is 13.9 Å². The summed E-state index contributed by atoms with van der Waals surface area (Å²) >= 11 is 6.24. The van der Waals surface area contributed by atoms with Gasteiger partial charge in [-0.05, 0) is 37.5 Å². The topological polar surface area (TPSA) is 86.8 Å². The number of benzene rings is 2. The molecule has 7 nitrogen and oxygen atoms in total. The zero-order valence-electron chi connectivity index (χ0n) is 19.5. The molecule has 2 aromatic carbocycles. The van der Waals surface area contributed by atoms with Gasteiger partial charge in [0.25, 0.3) is 0 Å². The molecule has 33 heavy (non-hydrogen) atoms. The molecule has 0 aromatic heterocycles. The summed E-state index contributed by atoms with van der Waals surface area (Å²) in [5.74, 6) is -0.755. The van der Waals surface area contributed by atoms with Crippen molar-refractivity contribution in [1.82, 2.24) is 10.2 Å². The first kappa shape index (κ1) is 26.7. The highest BCUT2D eigenvalue weighted by molar-refractivity contribution is 7.92. The molecule has 0 unspecified atom stereocenters. The van der Waals surface area contributed by atoms with Crippen molar-refractivity contribution in [3.8, 4) is 0 Å². The monoisotopic (exact) mass is 493 g/mol. The Kier molecular flexibility index (Phi) is 9.73. The zero-order valence-corrected chi connectivity index (χ0v) is 21.1. The van der Waals surface area contributed by atoms with Gasteiger partial charge in [-0.2, -0.15) is 0 Å². The average Bonchev–Trinajstić information content (AvgIpc) is 2.77. The number of carbonyl (C=O) groups is 2. The van der Waals surface area contributed by atoms with E-state index in [-0.39, 0.29) is 29.2 Å². The molecule has 0 fully saturated rings. The van der Waals surface area contributed by atoms with Gasteiger partial charge in [0.05, 0.1) is 17.0 Å². The molecule has 9 heteroatoms. The number of nitrogens with one attached hydrogen (secondary N) is 1. The molecular formula is C24H32ClN3O4S. The van der Waals surface area contributed by atoms with E-state index in [1.807, 2.05) is 51.1 Å². The Morgan fingerprint density at radius 3 is 2.15 bits per heavy atom. The van der Waals surface area contributed by atoms with E-state index in [0.717, 1.165) is 22.5 Å². The molecule has 0 spiro atoms. The third-order valence-electron chi connectivity index (χ3n) is 5.38. The molecule has 0 saturated heterocycles. The Balaban J connectivity index is 2.42. The van der Waals surface area contributed by atoms with Crippen molar-refractivity contribution in [2.45, 2.75) is 52.2 Å². The third-order valence-corrected chi connectivity index (χ3v) is 6.83. The van der Waals surface area contributed by atoms with E-state index >= 15 is 0 Å². The number of hydrogen-bond acceptors (Lipinski definition) is 4. The molecule has 180 valence electrons. The molecule has 2 atom stereocenters. The van der Waals surface area contributed by atoms with Gasteiger partial charge in [0.1, 0.15) is 12.6 Å². The minimum atomic E-state index is -3.82. The third kappa shape index (κ3) is 7.47. The SMILES string of the molecule is CC[C@H](C)NC(=O)[C@H](CC)N(Cc1ccccc1)C(=O)CN(c1ccccc1Cl)S(C)(=O)=O. The highest BCUT2D eigenvalue weighted by Gasteiger charge is 2.32. The molecule has 0 aliphatic heterocycles. The van der Waals surface area contributed by atoms with Crippen LogP contribution in [0.5, 0.6) is 0 Å². The first-order valence-corrected chi connectivity index (χ1v) is 13.2. The normalized spacial score (nSPS) is 13.1. The largest absolute Gasteiger partial charge is 0.352 e. The van der Waals surface area contributed by atoms with Gasteiger partial charge in [-0.25, -0.2) is 8.42 Å². The van der Waals surface area contributed by atoms with Crippen LogP contribution in [0.25, 0.3) is 0 Å². The van der Waals surface area contributed by atoms with Crippen molar-refractivity contribution in [1.29, 1.82) is 0 Å². The van der Waals surface area contributed by atoms with Crippen LogP contribution >= 0.6 is 11.6 Å². The summed E-state index contributed by atoms with van der Waals surface area (Å²) in [6.07, 6.45) is 2.16. The molecule has 0 saturated carbocycles. The second-order valence-electron chi connectivity index (χ2n) is 7.97. The molecule has 0 aliphatic rings. The van der Waals surface area contributed by atoms with Crippen molar-refractivity contribution in [3.63, 3.8) is 0 Å². The maximum Gasteiger partial charge on any atom is 0.244 e. The van der Waals surface area contributed by atoms with Crippen LogP contribution < -0.4 is 9.62 Å². The van der Waals surface area contributed by atoms with Crippen molar-refractivity contribution < 1.29 is 18.0 Å². The molecule has 0 heterocycles. The smallest absolute Gasteiger partial charge is 0.244 e. The fraction of sp³-hybridized carbons (Fsp3) is 0.417. The number of para-hydroxylation sites is 1. The first-order valence-electron chi connectivity index (χ1n) is 10.9.